The predicted molar refractivity (Wildman–Crippen MR) is 96.3 cm³/mol. The van der Waals surface area contributed by atoms with Crippen molar-refractivity contribution in [1.82, 2.24) is 4.98 Å². The molecule has 1 aromatic heterocycles. The normalized spacial score (nSPS) is 14.2. The summed E-state index contributed by atoms with van der Waals surface area (Å²) in [7, 11) is 0. The Morgan fingerprint density at radius 2 is 1.83 bits per heavy atom. The molecule has 3 rings (SSSR count). The van der Waals surface area contributed by atoms with E-state index in [1.807, 2.05) is 4.90 Å². The molecule has 0 spiro atoms. The Labute approximate surface area is 167 Å². The van der Waals surface area contributed by atoms with Gasteiger partial charge < -0.3 is 15.0 Å². The number of hydrogen-bond donors (Lipinski definition) is 1. The molecule has 0 saturated carbocycles. The summed E-state index contributed by atoms with van der Waals surface area (Å²) in [6, 6.07) is 6.36. The van der Waals surface area contributed by atoms with Gasteiger partial charge in [0, 0.05) is 6.54 Å². The Hall–Kier alpha value is -2.98. The van der Waals surface area contributed by atoms with Crippen molar-refractivity contribution in [2.45, 2.75) is 32.2 Å². The van der Waals surface area contributed by atoms with Crippen molar-refractivity contribution >= 4 is 17.4 Å². The van der Waals surface area contributed by atoms with E-state index in [0.717, 1.165) is 12.1 Å². The topological polar surface area (TPSA) is 54.5 Å². The molecular formula is C19H17F6N3O2. The van der Waals surface area contributed by atoms with Crippen molar-refractivity contribution in [2.24, 2.45) is 0 Å². The summed E-state index contributed by atoms with van der Waals surface area (Å²) in [6.45, 7) is 2.52. The number of amides is 1. The zero-order chi connectivity index (χ0) is 22.1. The van der Waals surface area contributed by atoms with Crippen molar-refractivity contribution in [1.29, 1.82) is 0 Å². The third-order valence-electron chi connectivity index (χ3n) is 4.37. The van der Waals surface area contributed by atoms with Crippen LogP contribution in [-0.2, 0) is 17.5 Å². The van der Waals surface area contributed by atoms with Crippen LogP contribution in [0.1, 0.15) is 23.1 Å². The lowest BCUT2D eigenvalue weighted by Gasteiger charge is -2.31. The summed E-state index contributed by atoms with van der Waals surface area (Å²) in [5, 5.41) is 2.13. The first kappa shape index (κ1) is 21.7. The number of halogens is 6. The molecule has 0 atom stereocenters. The zero-order valence-electron chi connectivity index (χ0n) is 15.7. The van der Waals surface area contributed by atoms with Crippen LogP contribution in [-0.4, -0.2) is 30.2 Å². The zero-order valence-corrected chi connectivity index (χ0v) is 15.7. The molecule has 2 aromatic rings. The highest BCUT2D eigenvalue weighted by Gasteiger charge is 2.32. The smallest absolute Gasteiger partial charge is 0.416 e. The Morgan fingerprint density at radius 3 is 2.43 bits per heavy atom. The molecule has 0 fully saturated rings. The maximum Gasteiger partial charge on any atom is 0.416 e. The van der Waals surface area contributed by atoms with Crippen LogP contribution in [0.25, 0.3) is 0 Å². The molecule has 30 heavy (non-hydrogen) atoms. The molecule has 0 unspecified atom stereocenters. The highest BCUT2D eigenvalue weighted by atomic mass is 19.4. The van der Waals surface area contributed by atoms with E-state index in [4.69, 9.17) is 4.74 Å². The molecular weight excluding hydrogens is 416 g/mol. The third-order valence-corrected chi connectivity index (χ3v) is 4.37. The van der Waals surface area contributed by atoms with Crippen LogP contribution < -0.4 is 15.0 Å². The molecule has 1 aliphatic rings. The fraction of sp³-hybridized carbons (Fsp3) is 0.368. The van der Waals surface area contributed by atoms with Crippen LogP contribution in [0.4, 0.5) is 37.8 Å². The van der Waals surface area contributed by atoms with Crippen molar-refractivity contribution < 1.29 is 35.9 Å². The van der Waals surface area contributed by atoms with Gasteiger partial charge in [-0.15, -0.1) is 0 Å². The van der Waals surface area contributed by atoms with Gasteiger partial charge >= 0.3 is 12.4 Å². The number of aromatic nitrogens is 1. The number of nitrogens with one attached hydrogen (secondary N) is 1. The average molecular weight is 433 g/mol. The number of rotatable bonds is 4. The molecule has 162 valence electrons. The van der Waals surface area contributed by atoms with Gasteiger partial charge in [-0.2, -0.15) is 31.3 Å². The Bertz CT molecular complexity index is 926. The number of ether oxygens (including phenoxy) is 1. The van der Waals surface area contributed by atoms with E-state index in [2.05, 4.69) is 10.3 Å². The lowest BCUT2D eigenvalue weighted by atomic mass is 10.1. The molecule has 1 amide bonds. The van der Waals surface area contributed by atoms with Crippen molar-refractivity contribution in [3.05, 3.63) is 47.0 Å². The van der Waals surface area contributed by atoms with E-state index in [1.54, 1.807) is 13.0 Å². The van der Waals surface area contributed by atoms with Gasteiger partial charge in [0.05, 0.1) is 12.1 Å². The highest BCUT2D eigenvalue weighted by Crippen LogP contribution is 2.35. The summed E-state index contributed by atoms with van der Waals surface area (Å²) < 4.78 is 80.7. The molecule has 2 heterocycles. The molecule has 0 radical (unpaired) electrons. The fourth-order valence-corrected chi connectivity index (χ4v) is 2.96. The van der Waals surface area contributed by atoms with Gasteiger partial charge in [0.1, 0.15) is 24.5 Å². The van der Waals surface area contributed by atoms with E-state index in [-0.39, 0.29) is 24.8 Å². The molecule has 1 aliphatic heterocycles. The molecule has 1 N–H and O–H groups in total. The summed E-state index contributed by atoms with van der Waals surface area (Å²) in [5.74, 6) is -1.16. The maximum atomic E-state index is 12.7. The lowest BCUT2D eigenvalue weighted by Crippen LogP contribution is -2.33. The first-order valence-corrected chi connectivity index (χ1v) is 8.84. The Kier molecular flexibility index (Phi) is 5.82. The summed E-state index contributed by atoms with van der Waals surface area (Å²) in [4.78, 5) is 17.5. The summed E-state index contributed by atoms with van der Waals surface area (Å²) in [5.41, 5.74) is 0.848. The van der Waals surface area contributed by atoms with E-state index >= 15 is 0 Å². The van der Waals surface area contributed by atoms with E-state index in [1.165, 1.54) is 12.1 Å². The second kappa shape index (κ2) is 8.04. The van der Waals surface area contributed by atoms with Gasteiger partial charge in [-0.3, -0.25) is 4.79 Å². The van der Waals surface area contributed by atoms with Crippen LogP contribution >= 0.6 is 0 Å². The number of aryl methyl sites for hydroxylation is 1. The summed E-state index contributed by atoms with van der Waals surface area (Å²) >= 11 is 0. The van der Waals surface area contributed by atoms with Crippen LogP contribution in [0, 0.1) is 6.92 Å². The van der Waals surface area contributed by atoms with Crippen LogP contribution in [0.15, 0.2) is 30.3 Å². The quantitative estimate of drug-likeness (QED) is 0.711. The van der Waals surface area contributed by atoms with E-state index in [0.29, 0.717) is 23.4 Å². The monoisotopic (exact) mass is 433 g/mol. The Balaban J connectivity index is 1.77. The number of benzene rings is 1. The third kappa shape index (κ3) is 5.33. The fourth-order valence-electron chi connectivity index (χ4n) is 2.96. The second-order valence-electron chi connectivity index (χ2n) is 6.78. The first-order valence-electron chi connectivity index (χ1n) is 8.84. The van der Waals surface area contributed by atoms with Crippen LogP contribution in [0.2, 0.25) is 0 Å². The number of hydrogen-bond acceptors (Lipinski definition) is 4. The summed E-state index contributed by atoms with van der Waals surface area (Å²) in [6.07, 6.45) is -10.7. The maximum absolute atomic E-state index is 12.7. The van der Waals surface area contributed by atoms with Gasteiger partial charge in [0.15, 0.2) is 0 Å². The molecule has 0 saturated heterocycles. The van der Waals surface area contributed by atoms with Gasteiger partial charge in [-0.1, -0.05) is 12.1 Å². The minimum atomic E-state index is -4.64. The van der Waals surface area contributed by atoms with Gasteiger partial charge in [0.25, 0.3) is 0 Å². The number of pyridine rings is 1. The Morgan fingerprint density at radius 1 is 1.17 bits per heavy atom. The number of carbonyl (C=O) groups is 1. The molecule has 0 aliphatic carbocycles. The van der Waals surface area contributed by atoms with E-state index < -0.39 is 30.2 Å². The molecule has 0 bridgehead atoms. The predicted octanol–water partition coefficient (Wildman–Crippen LogP) is 4.70. The van der Waals surface area contributed by atoms with Gasteiger partial charge in [0.2, 0.25) is 11.8 Å². The second-order valence-corrected chi connectivity index (χ2v) is 6.78. The average Bonchev–Trinajstić information content (AvgIpc) is 2.61. The van der Waals surface area contributed by atoms with Crippen molar-refractivity contribution in [3.8, 4) is 5.88 Å². The minimum Gasteiger partial charge on any atom is -0.474 e. The van der Waals surface area contributed by atoms with E-state index in [9.17, 15) is 31.1 Å². The molecule has 1 aromatic carbocycles. The van der Waals surface area contributed by atoms with Crippen LogP contribution in [0.5, 0.6) is 5.88 Å². The number of fused-ring (bicyclic) bond motifs is 1. The SMILES string of the molecule is Cc1cc2c(nc1NC(=O)CC(F)(F)F)OCCN2Cc1ccc(C(F)(F)F)cc1. The largest absolute Gasteiger partial charge is 0.474 e. The first-order chi connectivity index (χ1) is 13.9. The van der Waals surface area contributed by atoms with Crippen molar-refractivity contribution in [3.63, 3.8) is 0 Å². The minimum absolute atomic E-state index is 0.0422. The lowest BCUT2D eigenvalue weighted by molar-refractivity contribution is -0.150. The number of carbonyl (C=O) groups excluding carboxylic acids is 1. The van der Waals surface area contributed by atoms with Crippen LogP contribution in [0.3, 0.4) is 0 Å². The van der Waals surface area contributed by atoms with Gasteiger partial charge in [-0.05, 0) is 36.2 Å². The van der Waals surface area contributed by atoms with Gasteiger partial charge in [-0.25, -0.2) is 0 Å². The number of anilines is 2. The standard InChI is InChI=1S/C19H17F6N3O2/c1-11-8-14-17(27-16(11)26-15(29)9-18(20,21)22)30-7-6-28(14)10-12-2-4-13(5-3-12)19(23,24)25/h2-5,8H,6-7,9-10H2,1H3,(H,26,27,29). The molecule has 5 nitrogen and oxygen atoms in total. The van der Waals surface area contributed by atoms with Crippen molar-refractivity contribution in [2.75, 3.05) is 23.4 Å². The highest BCUT2D eigenvalue weighted by molar-refractivity contribution is 5.91. The number of nitrogens with zero attached hydrogens (tertiary/aromatic N) is 2. The number of alkyl halides is 6. The molecule has 11 heteroatoms.